The molecule has 0 saturated carbocycles. The van der Waals surface area contributed by atoms with E-state index in [0.717, 1.165) is 0 Å². The van der Waals surface area contributed by atoms with E-state index in [-0.39, 0.29) is 5.76 Å². The average Bonchev–Trinajstić information content (AvgIpc) is 2.89. The third-order valence-electron chi connectivity index (χ3n) is 2.31. The second-order valence-electron chi connectivity index (χ2n) is 3.73. The first-order valence-electron chi connectivity index (χ1n) is 5.41. The number of nitrogen functional groups attached to an aromatic ring is 1. The molecule has 0 saturated heterocycles. The van der Waals surface area contributed by atoms with Crippen molar-refractivity contribution < 1.29 is 9.21 Å². The summed E-state index contributed by atoms with van der Waals surface area (Å²) in [6.45, 7) is 0. The highest BCUT2D eigenvalue weighted by atomic mass is 32.2. The molecular formula is C10H11N5O4S. The van der Waals surface area contributed by atoms with Crippen LogP contribution in [0.15, 0.2) is 31.3 Å². The Labute approximate surface area is 116 Å². The summed E-state index contributed by atoms with van der Waals surface area (Å²) in [6.07, 6.45) is 0. The predicted octanol–water partition coefficient (Wildman–Crippen LogP) is -1.04. The maximum atomic E-state index is 11.2. The molecule has 0 atom stereocenters. The summed E-state index contributed by atoms with van der Waals surface area (Å²) >= 11 is 1.18. The summed E-state index contributed by atoms with van der Waals surface area (Å²) in [6, 6.07) is 3.10. The topological polar surface area (TPSA) is 136 Å². The summed E-state index contributed by atoms with van der Waals surface area (Å²) in [7, 11) is 1.56. The Bertz CT molecular complexity index is 747. The average molecular weight is 297 g/mol. The van der Waals surface area contributed by atoms with E-state index in [2.05, 4.69) is 10.1 Å². The van der Waals surface area contributed by atoms with Crippen LogP contribution in [-0.2, 0) is 12.8 Å². The molecule has 4 N–H and O–H groups in total. The van der Waals surface area contributed by atoms with Crippen LogP contribution in [0.3, 0.4) is 0 Å². The Kier molecular flexibility index (Phi) is 4.05. The number of carbonyl (C=O) groups excluding carboxylic acids is 1. The highest BCUT2D eigenvalue weighted by molar-refractivity contribution is 7.98. The minimum Gasteiger partial charge on any atom is -0.455 e. The van der Waals surface area contributed by atoms with Crippen LogP contribution in [0.4, 0.5) is 0 Å². The van der Waals surface area contributed by atoms with E-state index >= 15 is 0 Å². The first-order valence-corrected chi connectivity index (χ1v) is 6.39. The van der Waals surface area contributed by atoms with Crippen LogP contribution < -0.4 is 22.4 Å². The number of aromatic nitrogens is 3. The molecule has 0 aliphatic rings. The number of hydrogen-bond acceptors (Lipinski definition) is 7. The van der Waals surface area contributed by atoms with E-state index in [1.54, 1.807) is 13.1 Å². The summed E-state index contributed by atoms with van der Waals surface area (Å²) < 4.78 is 6.59. The van der Waals surface area contributed by atoms with E-state index in [9.17, 15) is 14.4 Å². The van der Waals surface area contributed by atoms with Crippen LogP contribution in [0.5, 0.6) is 0 Å². The van der Waals surface area contributed by atoms with Gasteiger partial charge < -0.3 is 4.42 Å². The number of hydrazine groups is 1. The molecule has 0 fully saturated rings. The zero-order valence-corrected chi connectivity index (χ0v) is 11.2. The lowest BCUT2D eigenvalue weighted by molar-refractivity contribution is 0.0924. The van der Waals surface area contributed by atoms with Gasteiger partial charge in [-0.15, -0.1) is 0 Å². The fourth-order valence-electron chi connectivity index (χ4n) is 1.37. The maximum Gasteiger partial charge on any atom is 0.339 e. The fraction of sp³-hybridized carbons (Fsp3) is 0.200. The van der Waals surface area contributed by atoms with Crippen LogP contribution in [-0.4, -0.2) is 20.7 Å². The number of aromatic amines is 1. The van der Waals surface area contributed by atoms with Gasteiger partial charge in [-0.1, -0.05) is 11.8 Å². The SMILES string of the molecule is Cn1[nH]c(=O)c(=O)nc1SCc1ccc(C(=O)NN)o1. The van der Waals surface area contributed by atoms with Crippen molar-refractivity contribution in [2.45, 2.75) is 10.9 Å². The van der Waals surface area contributed by atoms with Gasteiger partial charge in [-0.2, -0.15) is 4.98 Å². The number of nitrogens with zero attached hydrogens (tertiary/aromatic N) is 2. The van der Waals surface area contributed by atoms with Crippen molar-refractivity contribution >= 4 is 17.7 Å². The van der Waals surface area contributed by atoms with Gasteiger partial charge in [0.1, 0.15) is 5.76 Å². The number of amides is 1. The molecule has 2 aromatic heterocycles. The standard InChI is InChI=1S/C10H11N5O4S/c1-15-10(12-8(17)9(18)14-15)20-4-5-2-3-6(19-5)7(16)13-11/h2-3H,4,11H2,1H3,(H,13,16)(H,14,18). The van der Waals surface area contributed by atoms with Gasteiger partial charge in [0, 0.05) is 7.05 Å². The van der Waals surface area contributed by atoms with Gasteiger partial charge >= 0.3 is 17.0 Å². The normalized spacial score (nSPS) is 10.5. The number of aryl methyl sites for hydroxylation is 1. The number of carbonyl (C=O) groups is 1. The van der Waals surface area contributed by atoms with Crippen LogP contribution >= 0.6 is 11.8 Å². The number of H-pyrrole nitrogens is 1. The smallest absolute Gasteiger partial charge is 0.339 e. The predicted molar refractivity (Wildman–Crippen MR) is 70.0 cm³/mol. The number of rotatable bonds is 4. The third-order valence-corrected chi connectivity index (χ3v) is 3.36. The molecule has 106 valence electrons. The Balaban J connectivity index is 2.11. The van der Waals surface area contributed by atoms with Gasteiger partial charge in [-0.05, 0) is 12.1 Å². The summed E-state index contributed by atoms with van der Waals surface area (Å²) in [4.78, 5) is 37.0. The molecule has 1 amide bonds. The molecule has 0 aromatic carbocycles. The Hall–Kier alpha value is -2.33. The van der Waals surface area contributed by atoms with Gasteiger partial charge in [-0.3, -0.25) is 29.6 Å². The lowest BCUT2D eigenvalue weighted by atomic mass is 10.4. The maximum absolute atomic E-state index is 11.2. The summed E-state index contributed by atoms with van der Waals surface area (Å²) in [5, 5.41) is 2.66. The molecule has 2 rings (SSSR count). The number of nitrogens with two attached hydrogens (primary N) is 1. The number of nitrogens with one attached hydrogen (secondary N) is 2. The number of furan rings is 1. The van der Waals surface area contributed by atoms with E-state index in [1.807, 2.05) is 5.43 Å². The molecule has 9 nitrogen and oxygen atoms in total. The molecule has 0 unspecified atom stereocenters. The zero-order chi connectivity index (χ0) is 14.7. The van der Waals surface area contributed by atoms with Crippen molar-refractivity contribution in [3.05, 3.63) is 44.4 Å². The van der Waals surface area contributed by atoms with Crippen molar-refractivity contribution in [1.29, 1.82) is 0 Å². The molecule has 20 heavy (non-hydrogen) atoms. The highest BCUT2D eigenvalue weighted by Gasteiger charge is 2.11. The zero-order valence-electron chi connectivity index (χ0n) is 10.4. The van der Waals surface area contributed by atoms with Crippen molar-refractivity contribution in [1.82, 2.24) is 20.2 Å². The Morgan fingerprint density at radius 1 is 1.55 bits per heavy atom. The van der Waals surface area contributed by atoms with Crippen molar-refractivity contribution in [2.24, 2.45) is 12.9 Å². The van der Waals surface area contributed by atoms with Crippen molar-refractivity contribution in [3.8, 4) is 0 Å². The molecule has 0 bridgehead atoms. The fourth-order valence-corrected chi connectivity index (χ4v) is 2.19. The summed E-state index contributed by atoms with van der Waals surface area (Å²) in [5.74, 6) is 5.39. The number of hydrogen-bond donors (Lipinski definition) is 3. The van der Waals surface area contributed by atoms with Gasteiger partial charge in [0.15, 0.2) is 10.9 Å². The van der Waals surface area contributed by atoms with Crippen LogP contribution in [0, 0.1) is 0 Å². The van der Waals surface area contributed by atoms with Crippen LogP contribution in [0.2, 0.25) is 0 Å². The van der Waals surface area contributed by atoms with Gasteiger partial charge in [0.2, 0.25) is 0 Å². The van der Waals surface area contributed by atoms with Crippen molar-refractivity contribution in [2.75, 3.05) is 0 Å². The van der Waals surface area contributed by atoms with E-state index in [0.29, 0.717) is 16.7 Å². The van der Waals surface area contributed by atoms with E-state index < -0.39 is 17.0 Å². The lowest BCUT2D eigenvalue weighted by Gasteiger charge is -2.04. The largest absolute Gasteiger partial charge is 0.455 e. The highest BCUT2D eigenvalue weighted by Crippen LogP contribution is 2.20. The molecule has 0 spiro atoms. The number of thioether (sulfide) groups is 1. The third kappa shape index (κ3) is 2.97. The molecule has 0 aliphatic carbocycles. The Morgan fingerprint density at radius 2 is 2.30 bits per heavy atom. The second-order valence-corrected chi connectivity index (χ2v) is 4.67. The first kappa shape index (κ1) is 14.1. The molecule has 10 heteroatoms. The second kappa shape index (κ2) is 5.75. The molecule has 0 radical (unpaired) electrons. The molecule has 2 heterocycles. The Morgan fingerprint density at radius 3 is 3.00 bits per heavy atom. The first-order chi connectivity index (χ1) is 9.51. The monoisotopic (exact) mass is 297 g/mol. The quantitative estimate of drug-likeness (QED) is 0.215. The van der Waals surface area contributed by atoms with Gasteiger partial charge in [0.25, 0.3) is 0 Å². The molecule has 2 aromatic rings. The van der Waals surface area contributed by atoms with Gasteiger partial charge in [0.05, 0.1) is 5.75 Å². The molecular weight excluding hydrogens is 286 g/mol. The van der Waals surface area contributed by atoms with Crippen molar-refractivity contribution in [3.63, 3.8) is 0 Å². The van der Waals surface area contributed by atoms with Crippen LogP contribution in [0.25, 0.3) is 0 Å². The van der Waals surface area contributed by atoms with Gasteiger partial charge in [-0.25, -0.2) is 5.84 Å². The van der Waals surface area contributed by atoms with Crippen LogP contribution in [0.1, 0.15) is 16.3 Å². The minimum absolute atomic E-state index is 0.0893. The summed E-state index contributed by atoms with van der Waals surface area (Å²) in [5.41, 5.74) is 0.320. The lowest BCUT2D eigenvalue weighted by Crippen LogP contribution is -2.33. The minimum atomic E-state index is -0.853. The van der Waals surface area contributed by atoms with E-state index in [1.165, 1.54) is 22.5 Å². The van der Waals surface area contributed by atoms with E-state index in [4.69, 9.17) is 10.3 Å². The molecule has 0 aliphatic heterocycles.